The molecule has 0 aliphatic rings. The zero-order valence-electron chi connectivity index (χ0n) is 6.14. The van der Waals surface area contributed by atoms with Crippen molar-refractivity contribution < 1.29 is 0 Å². The molecule has 0 spiro atoms. The zero-order valence-corrected chi connectivity index (χ0v) is 10.5. The van der Waals surface area contributed by atoms with Crippen molar-refractivity contribution in [1.29, 1.82) is 0 Å². The van der Waals surface area contributed by atoms with Crippen molar-refractivity contribution in [2.45, 2.75) is 13.0 Å². The second-order valence-corrected chi connectivity index (χ2v) is 4.86. The van der Waals surface area contributed by atoms with E-state index in [1.807, 2.05) is 6.92 Å². The van der Waals surface area contributed by atoms with Gasteiger partial charge < -0.3 is 5.73 Å². The first kappa shape index (κ1) is 9.73. The Hall–Kier alpha value is 0.640. The summed E-state index contributed by atoms with van der Waals surface area (Å²) in [4.78, 5) is 0. The number of hydrogen-bond acceptors (Lipinski definition) is 1. The van der Waals surface area contributed by atoms with E-state index in [2.05, 4.69) is 63.4 Å². The topological polar surface area (TPSA) is 26.0 Å². The van der Waals surface area contributed by atoms with E-state index in [-0.39, 0.29) is 6.04 Å². The Labute approximate surface area is 94.0 Å². The van der Waals surface area contributed by atoms with Gasteiger partial charge in [-0.2, -0.15) is 0 Å². The lowest BCUT2D eigenvalue weighted by Gasteiger charge is -2.08. The first-order chi connectivity index (χ1) is 5.11. The summed E-state index contributed by atoms with van der Waals surface area (Å²) in [6.07, 6.45) is 0. The third kappa shape index (κ3) is 2.55. The summed E-state index contributed by atoms with van der Waals surface area (Å²) in [7, 11) is 0. The first-order valence-corrected chi connectivity index (χ1v) is 5.47. The molecule has 0 heterocycles. The number of rotatable bonds is 1. The van der Waals surface area contributed by atoms with Crippen molar-refractivity contribution in [3.63, 3.8) is 0 Å². The van der Waals surface area contributed by atoms with Crippen LogP contribution in [0.4, 0.5) is 0 Å². The van der Waals surface area contributed by atoms with E-state index < -0.39 is 0 Å². The lowest BCUT2D eigenvalue weighted by molar-refractivity contribution is 0.812. The number of halogens is 2. The van der Waals surface area contributed by atoms with Gasteiger partial charge in [0.1, 0.15) is 0 Å². The molecule has 1 aromatic rings. The summed E-state index contributed by atoms with van der Waals surface area (Å²) in [6, 6.07) is 6.46. The Morgan fingerprint density at radius 1 is 1.36 bits per heavy atom. The lowest BCUT2D eigenvalue weighted by Crippen LogP contribution is -2.06. The maximum Gasteiger partial charge on any atom is 0.0277 e. The molecule has 0 amide bonds. The predicted octanol–water partition coefficient (Wildman–Crippen LogP) is 2.92. The molecule has 0 bridgehead atoms. The number of benzene rings is 1. The van der Waals surface area contributed by atoms with Crippen LogP contribution in [0.1, 0.15) is 18.5 Å². The van der Waals surface area contributed by atoms with E-state index in [0.717, 1.165) is 0 Å². The maximum atomic E-state index is 5.78. The van der Waals surface area contributed by atoms with Gasteiger partial charge in [-0.25, -0.2) is 0 Å². The van der Waals surface area contributed by atoms with Crippen LogP contribution in [0.2, 0.25) is 0 Å². The molecule has 60 valence electrons. The minimum Gasteiger partial charge on any atom is -0.324 e. The fourth-order valence-corrected chi connectivity index (χ4v) is 2.21. The molecule has 0 fully saturated rings. The van der Waals surface area contributed by atoms with Crippen LogP contribution in [0.3, 0.4) is 0 Å². The van der Waals surface area contributed by atoms with Crippen molar-refractivity contribution in [3.05, 3.63) is 30.9 Å². The van der Waals surface area contributed by atoms with Crippen molar-refractivity contribution in [1.82, 2.24) is 0 Å². The van der Waals surface area contributed by atoms with E-state index in [4.69, 9.17) is 5.73 Å². The van der Waals surface area contributed by atoms with Gasteiger partial charge in [-0.1, -0.05) is 0 Å². The Kier molecular flexibility index (Phi) is 3.57. The molecule has 2 N–H and O–H groups in total. The number of hydrogen-bond donors (Lipinski definition) is 1. The Morgan fingerprint density at radius 3 is 2.45 bits per heavy atom. The molecular formula is C8H9I2N. The molecule has 0 aromatic heterocycles. The molecule has 0 saturated carbocycles. The van der Waals surface area contributed by atoms with Crippen LogP contribution < -0.4 is 5.73 Å². The molecule has 1 unspecified atom stereocenters. The summed E-state index contributed by atoms with van der Waals surface area (Å²) in [6.45, 7) is 2.01. The maximum absolute atomic E-state index is 5.78. The van der Waals surface area contributed by atoms with Gasteiger partial charge in [-0.15, -0.1) is 0 Å². The van der Waals surface area contributed by atoms with Gasteiger partial charge in [0, 0.05) is 13.2 Å². The summed E-state index contributed by atoms with van der Waals surface area (Å²) < 4.78 is 2.49. The molecule has 0 aliphatic heterocycles. The molecule has 1 rings (SSSR count). The highest BCUT2D eigenvalue weighted by Gasteiger charge is 2.03. The largest absolute Gasteiger partial charge is 0.324 e. The van der Waals surface area contributed by atoms with Gasteiger partial charge in [0.05, 0.1) is 0 Å². The smallest absolute Gasteiger partial charge is 0.0277 e. The summed E-state index contributed by atoms with van der Waals surface area (Å²) in [5.41, 5.74) is 7.01. The fraction of sp³-hybridized carbons (Fsp3) is 0.250. The minimum absolute atomic E-state index is 0.136. The van der Waals surface area contributed by atoms with Crippen molar-refractivity contribution in [3.8, 4) is 0 Å². The number of nitrogens with two attached hydrogens (primary N) is 1. The molecule has 0 radical (unpaired) electrons. The molecule has 11 heavy (non-hydrogen) atoms. The van der Waals surface area contributed by atoms with Crippen LogP contribution in [-0.2, 0) is 0 Å². The highest BCUT2D eigenvalue weighted by atomic mass is 127. The third-order valence-electron chi connectivity index (χ3n) is 1.45. The Balaban J connectivity index is 3.13. The van der Waals surface area contributed by atoms with E-state index >= 15 is 0 Å². The average Bonchev–Trinajstić information content (AvgIpc) is 1.94. The van der Waals surface area contributed by atoms with Gasteiger partial charge in [-0.3, -0.25) is 0 Å². The standard InChI is InChI=1S/C8H9I2N/c1-5(11)7-4-6(9)2-3-8(7)10/h2-5H,11H2,1H3. The highest BCUT2D eigenvalue weighted by molar-refractivity contribution is 14.1. The van der Waals surface area contributed by atoms with Crippen LogP contribution in [0.25, 0.3) is 0 Å². The summed E-state index contributed by atoms with van der Waals surface area (Å²) in [5.74, 6) is 0. The first-order valence-electron chi connectivity index (χ1n) is 3.32. The van der Waals surface area contributed by atoms with Crippen LogP contribution in [0.15, 0.2) is 18.2 Å². The van der Waals surface area contributed by atoms with E-state index in [1.165, 1.54) is 12.7 Å². The fourth-order valence-electron chi connectivity index (χ4n) is 0.864. The molecule has 0 aliphatic carbocycles. The summed E-state index contributed by atoms with van der Waals surface area (Å²) >= 11 is 4.61. The van der Waals surface area contributed by atoms with Gasteiger partial charge in [0.15, 0.2) is 0 Å². The van der Waals surface area contributed by atoms with Gasteiger partial charge in [0.25, 0.3) is 0 Å². The normalized spacial score (nSPS) is 13.1. The third-order valence-corrected chi connectivity index (χ3v) is 3.10. The second kappa shape index (κ2) is 4.04. The molecule has 3 heteroatoms. The molecule has 0 saturated heterocycles. The SMILES string of the molecule is CC(N)c1cc(I)ccc1I. The molecular weight excluding hydrogens is 364 g/mol. The Morgan fingerprint density at radius 2 is 2.00 bits per heavy atom. The predicted molar refractivity (Wildman–Crippen MR) is 64.5 cm³/mol. The molecule has 1 aromatic carbocycles. The van der Waals surface area contributed by atoms with Gasteiger partial charge >= 0.3 is 0 Å². The summed E-state index contributed by atoms with van der Waals surface area (Å²) in [5, 5.41) is 0. The average molecular weight is 373 g/mol. The van der Waals surface area contributed by atoms with E-state index in [9.17, 15) is 0 Å². The minimum atomic E-state index is 0.136. The van der Waals surface area contributed by atoms with Crippen LogP contribution in [-0.4, -0.2) is 0 Å². The van der Waals surface area contributed by atoms with Crippen molar-refractivity contribution in [2.24, 2.45) is 5.73 Å². The van der Waals surface area contributed by atoms with E-state index in [0.29, 0.717) is 0 Å². The molecule has 1 atom stereocenters. The van der Waals surface area contributed by atoms with E-state index in [1.54, 1.807) is 0 Å². The Bertz CT molecular complexity index is 258. The van der Waals surface area contributed by atoms with Crippen molar-refractivity contribution in [2.75, 3.05) is 0 Å². The molecule has 1 nitrogen and oxygen atoms in total. The highest BCUT2D eigenvalue weighted by Crippen LogP contribution is 2.20. The van der Waals surface area contributed by atoms with Gasteiger partial charge in [-0.05, 0) is 75.9 Å². The zero-order chi connectivity index (χ0) is 8.43. The van der Waals surface area contributed by atoms with Crippen LogP contribution in [0, 0.1) is 7.14 Å². The van der Waals surface area contributed by atoms with Crippen LogP contribution >= 0.6 is 45.2 Å². The quantitative estimate of drug-likeness (QED) is 0.753. The van der Waals surface area contributed by atoms with Crippen LogP contribution in [0.5, 0.6) is 0 Å². The lowest BCUT2D eigenvalue weighted by atomic mass is 10.1. The van der Waals surface area contributed by atoms with Crippen molar-refractivity contribution >= 4 is 45.2 Å². The monoisotopic (exact) mass is 373 g/mol. The second-order valence-electron chi connectivity index (χ2n) is 2.45. The van der Waals surface area contributed by atoms with Gasteiger partial charge in [0.2, 0.25) is 0 Å².